The van der Waals surface area contributed by atoms with E-state index >= 15 is 0 Å². The van der Waals surface area contributed by atoms with E-state index in [2.05, 4.69) is 20.4 Å². The van der Waals surface area contributed by atoms with Crippen LogP contribution in [0.25, 0.3) is 0 Å². The SMILES string of the molecule is C=C1SCCC1C(C)C. The lowest BCUT2D eigenvalue weighted by Crippen LogP contribution is -2.04. The standard InChI is InChI=1S/C8H14S/c1-6(2)8-4-5-9-7(8)3/h6,8H,3-5H2,1-2H3. The second-order valence-corrected chi connectivity index (χ2v) is 4.18. The van der Waals surface area contributed by atoms with Gasteiger partial charge in [-0.25, -0.2) is 0 Å². The zero-order chi connectivity index (χ0) is 6.85. The zero-order valence-electron chi connectivity index (χ0n) is 6.18. The van der Waals surface area contributed by atoms with Gasteiger partial charge in [-0.2, -0.15) is 0 Å². The molecular weight excluding hydrogens is 128 g/mol. The largest absolute Gasteiger partial charge is 0.131 e. The van der Waals surface area contributed by atoms with E-state index in [1.807, 2.05) is 11.8 Å². The predicted molar refractivity (Wildman–Crippen MR) is 44.5 cm³/mol. The molecule has 0 saturated carbocycles. The zero-order valence-corrected chi connectivity index (χ0v) is 7.00. The van der Waals surface area contributed by atoms with Crippen molar-refractivity contribution in [1.82, 2.24) is 0 Å². The van der Waals surface area contributed by atoms with Crippen molar-refractivity contribution < 1.29 is 0 Å². The Hall–Kier alpha value is 0.0900. The normalized spacial score (nSPS) is 27.9. The third-order valence-corrected chi connectivity index (χ3v) is 3.05. The van der Waals surface area contributed by atoms with Gasteiger partial charge in [0.25, 0.3) is 0 Å². The van der Waals surface area contributed by atoms with Crippen molar-refractivity contribution in [3.63, 3.8) is 0 Å². The van der Waals surface area contributed by atoms with Crippen LogP contribution in [0, 0.1) is 11.8 Å². The molecule has 1 aliphatic heterocycles. The maximum Gasteiger partial charge on any atom is -0.00172 e. The Morgan fingerprint density at radius 1 is 1.67 bits per heavy atom. The van der Waals surface area contributed by atoms with Crippen LogP contribution in [0.2, 0.25) is 0 Å². The molecule has 0 aliphatic carbocycles. The summed E-state index contributed by atoms with van der Waals surface area (Å²) in [6.07, 6.45) is 1.35. The molecule has 0 bridgehead atoms. The maximum atomic E-state index is 4.02. The monoisotopic (exact) mass is 142 g/mol. The summed E-state index contributed by atoms with van der Waals surface area (Å²) in [5, 5.41) is 0. The molecule has 0 aromatic heterocycles. The number of allylic oxidation sites excluding steroid dienone is 1. The van der Waals surface area contributed by atoms with Crippen molar-refractivity contribution in [3.8, 4) is 0 Å². The van der Waals surface area contributed by atoms with Crippen LogP contribution in [0.3, 0.4) is 0 Å². The van der Waals surface area contributed by atoms with Crippen molar-refractivity contribution >= 4 is 11.8 Å². The fourth-order valence-corrected chi connectivity index (χ4v) is 2.53. The minimum absolute atomic E-state index is 0.799. The second-order valence-electron chi connectivity index (χ2n) is 2.95. The average Bonchev–Trinajstić information content (AvgIpc) is 2.13. The van der Waals surface area contributed by atoms with Gasteiger partial charge in [0.2, 0.25) is 0 Å². The quantitative estimate of drug-likeness (QED) is 0.542. The highest BCUT2D eigenvalue weighted by molar-refractivity contribution is 8.03. The molecule has 0 aromatic rings. The molecule has 1 aliphatic rings. The number of hydrogen-bond donors (Lipinski definition) is 0. The number of rotatable bonds is 1. The molecule has 9 heavy (non-hydrogen) atoms. The summed E-state index contributed by atoms with van der Waals surface area (Å²) < 4.78 is 0. The Balaban J connectivity index is 2.49. The number of thioether (sulfide) groups is 1. The lowest BCUT2D eigenvalue weighted by Gasteiger charge is -2.13. The van der Waals surface area contributed by atoms with Crippen molar-refractivity contribution in [1.29, 1.82) is 0 Å². The highest BCUT2D eigenvalue weighted by Crippen LogP contribution is 2.38. The summed E-state index contributed by atoms with van der Waals surface area (Å²) in [6, 6.07) is 0. The number of hydrogen-bond acceptors (Lipinski definition) is 1. The topological polar surface area (TPSA) is 0 Å². The van der Waals surface area contributed by atoms with Crippen LogP contribution < -0.4 is 0 Å². The van der Waals surface area contributed by atoms with Crippen molar-refractivity contribution in [2.24, 2.45) is 11.8 Å². The first kappa shape index (κ1) is 7.20. The molecule has 0 radical (unpaired) electrons. The van der Waals surface area contributed by atoms with E-state index in [4.69, 9.17) is 0 Å². The first-order chi connectivity index (χ1) is 4.22. The Morgan fingerprint density at radius 2 is 2.33 bits per heavy atom. The van der Waals surface area contributed by atoms with E-state index in [0.29, 0.717) is 0 Å². The van der Waals surface area contributed by atoms with Gasteiger partial charge in [0.1, 0.15) is 0 Å². The molecule has 52 valence electrons. The van der Waals surface area contributed by atoms with Crippen LogP contribution in [-0.4, -0.2) is 5.75 Å². The highest BCUT2D eigenvalue weighted by atomic mass is 32.2. The average molecular weight is 142 g/mol. The third-order valence-electron chi connectivity index (χ3n) is 1.93. The van der Waals surface area contributed by atoms with Gasteiger partial charge in [0.15, 0.2) is 0 Å². The van der Waals surface area contributed by atoms with Gasteiger partial charge in [0.05, 0.1) is 0 Å². The van der Waals surface area contributed by atoms with Gasteiger partial charge in [0, 0.05) is 0 Å². The summed E-state index contributed by atoms with van der Waals surface area (Å²) >= 11 is 1.94. The molecule has 0 nitrogen and oxygen atoms in total. The minimum Gasteiger partial charge on any atom is -0.131 e. The van der Waals surface area contributed by atoms with Crippen LogP contribution in [0.4, 0.5) is 0 Å². The summed E-state index contributed by atoms with van der Waals surface area (Å²) in [7, 11) is 0. The van der Waals surface area contributed by atoms with Crippen molar-refractivity contribution in [2.45, 2.75) is 20.3 Å². The molecular formula is C8H14S. The van der Waals surface area contributed by atoms with E-state index in [0.717, 1.165) is 11.8 Å². The van der Waals surface area contributed by atoms with E-state index in [1.165, 1.54) is 17.1 Å². The summed E-state index contributed by atoms with van der Waals surface area (Å²) in [4.78, 5) is 1.41. The smallest absolute Gasteiger partial charge is 0.00172 e. The van der Waals surface area contributed by atoms with Crippen LogP contribution in [0.1, 0.15) is 20.3 Å². The van der Waals surface area contributed by atoms with Crippen LogP contribution in [0.15, 0.2) is 11.5 Å². The van der Waals surface area contributed by atoms with Crippen LogP contribution in [0.5, 0.6) is 0 Å². The molecule has 0 N–H and O–H groups in total. The fourth-order valence-electron chi connectivity index (χ4n) is 1.29. The molecule has 1 fully saturated rings. The molecule has 1 heterocycles. The summed E-state index contributed by atoms with van der Waals surface area (Å²) in [6.45, 7) is 8.58. The first-order valence-electron chi connectivity index (χ1n) is 3.53. The van der Waals surface area contributed by atoms with E-state index in [1.54, 1.807) is 0 Å². The van der Waals surface area contributed by atoms with E-state index < -0.39 is 0 Å². The Bertz CT molecular complexity index is 116. The van der Waals surface area contributed by atoms with Gasteiger partial charge < -0.3 is 0 Å². The Labute approximate surface area is 61.7 Å². The minimum atomic E-state index is 0.799. The van der Waals surface area contributed by atoms with E-state index in [9.17, 15) is 0 Å². The Kier molecular flexibility index (Phi) is 2.23. The summed E-state index contributed by atoms with van der Waals surface area (Å²) in [5.74, 6) is 2.89. The fraction of sp³-hybridized carbons (Fsp3) is 0.750. The van der Waals surface area contributed by atoms with Gasteiger partial charge >= 0.3 is 0 Å². The molecule has 0 aromatic carbocycles. The maximum absolute atomic E-state index is 4.02. The van der Waals surface area contributed by atoms with Gasteiger partial charge in [-0.1, -0.05) is 20.4 Å². The van der Waals surface area contributed by atoms with E-state index in [-0.39, 0.29) is 0 Å². The van der Waals surface area contributed by atoms with Crippen LogP contribution >= 0.6 is 11.8 Å². The summed E-state index contributed by atoms with van der Waals surface area (Å²) in [5.41, 5.74) is 0. The molecule has 1 rings (SSSR count). The first-order valence-corrected chi connectivity index (χ1v) is 4.52. The molecule has 0 amide bonds. The Morgan fingerprint density at radius 3 is 2.56 bits per heavy atom. The molecule has 0 spiro atoms. The van der Waals surface area contributed by atoms with Gasteiger partial charge in [-0.15, -0.1) is 11.8 Å². The highest BCUT2D eigenvalue weighted by Gasteiger charge is 2.22. The molecule has 1 unspecified atom stereocenters. The molecule has 1 heteroatoms. The van der Waals surface area contributed by atoms with Gasteiger partial charge in [-0.3, -0.25) is 0 Å². The lowest BCUT2D eigenvalue weighted by atomic mass is 9.94. The van der Waals surface area contributed by atoms with Crippen molar-refractivity contribution in [2.75, 3.05) is 5.75 Å². The molecule has 1 saturated heterocycles. The predicted octanol–water partition coefficient (Wildman–Crippen LogP) is 2.91. The lowest BCUT2D eigenvalue weighted by molar-refractivity contribution is 0.460. The van der Waals surface area contributed by atoms with Crippen molar-refractivity contribution in [3.05, 3.63) is 11.5 Å². The molecule has 1 atom stereocenters. The third kappa shape index (κ3) is 1.51. The second kappa shape index (κ2) is 2.78. The van der Waals surface area contributed by atoms with Gasteiger partial charge in [-0.05, 0) is 28.9 Å². The van der Waals surface area contributed by atoms with Crippen LogP contribution in [-0.2, 0) is 0 Å².